The Kier molecular flexibility index (Phi) is 4.29. The van der Waals surface area contributed by atoms with Gasteiger partial charge >= 0.3 is 0 Å². The fraction of sp³-hybridized carbons (Fsp3) is 0.0556. The summed E-state index contributed by atoms with van der Waals surface area (Å²) in [7, 11) is 0. The molecule has 0 unspecified atom stereocenters. The van der Waals surface area contributed by atoms with Gasteiger partial charge in [-0.05, 0) is 30.3 Å². The molecule has 5 nitrogen and oxygen atoms in total. The number of carbonyl (C=O) groups is 1. The van der Waals surface area contributed by atoms with Crippen LogP contribution in [0.25, 0.3) is 11.3 Å². The van der Waals surface area contributed by atoms with Gasteiger partial charge in [-0.1, -0.05) is 30.3 Å². The van der Waals surface area contributed by atoms with Crippen molar-refractivity contribution in [2.75, 3.05) is 10.6 Å². The zero-order valence-electron chi connectivity index (χ0n) is 12.7. The SMILES string of the molecule is CC(=O)Nc1cccc(-c2ccnc(Nc3ccccc3)n2)c1. The van der Waals surface area contributed by atoms with Crippen molar-refractivity contribution in [2.24, 2.45) is 0 Å². The second-order valence-electron chi connectivity index (χ2n) is 5.02. The molecule has 3 rings (SSSR count). The number of rotatable bonds is 4. The zero-order valence-corrected chi connectivity index (χ0v) is 12.7. The van der Waals surface area contributed by atoms with Gasteiger partial charge in [-0.25, -0.2) is 9.97 Å². The van der Waals surface area contributed by atoms with Gasteiger partial charge in [-0.15, -0.1) is 0 Å². The van der Waals surface area contributed by atoms with E-state index in [4.69, 9.17) is 0 Å². The van der Waals surface area contributed by atoms with Crippen molar-refractivity contribution < 1.29 is 4.79 Å². The second-order valence-corrected chi connectivity index (χ2v) is 5.02. The van der Waals surface area contributed by atoms with E-state index in [0.717, 1.165) is 22.6 Å². The molecule has 0 aliphatic carbocycles. The molecule has 0 aliphatic heterocycles. The van der Waals surface area contributed by atoms with E-state index in [1.807, 2.05) is 60.7 Å². The van der Waals surface area contributed by atoms with Crippen LogP contribution in [-0.2, 0) is 4.79 Å². The average molecular weight is 304 g/mol. The third-order valence-corrected chi connectivity index (χ3v) is 3.16. The van der Waals surface area contributed by atoms with Crippen LogP contribution < -0.4 is 10.6 Å². The van der Waals surface area contributed by atoms with Gasteiger partial charge in [0.05, 0.1) is 5.69 Å². The number of nitrogens with zero attached hydrogens (tertiary/aromatic N) is 2. The highest BCUT2D eigenvalue weighted by Crippen LogP contribution is 2.22. The van der Waals surface area contributed by atoms with Crippen LogP contribution in [0.3, 0.4) is 0 Å². The van der Waals surface area contributed by atoms with Crippen LogP contribution in [0.15, 0.2) is 66.9 Å². The van der Waals surface area contributed by atoms with Gasteiger partial charge in [0.1, 0.15) is 0 Å². The first-order valence-electron chi connectivity index (χ1n) is 7.24. The Morgan fingerprint density at radius 1 is 0.957 bits per heavy atom. The van der Waals surface area contributed by atoms with Crippen molar-refractivity contribution in [3.63, 3.8) is 0 Å². The number of hydrogen-bond acceptors (Lipinski definition) is 4. The quantitative estimate of drug-likeness (QED) is 0.768. The second kappa shape index (κ2) is 6.70. The maximum Gasteiger partial charge on any atom is 0.227 e. The minimum absolute atomic E-state index is 0.101. The Hall–Kier alpha value is -3.21. The molecule has 23 heavy (non-hydrogen) atoms. The fourth-order valence-electron chi connectivity index (χ4n) is 2.19. The molecule has 0 radical (unpaired) electrons. The van der Waals surface area contributed by atoms with E-state index in [9.17, 15) is 4.79 Å². The number of benzene rings is 2. The lowest BCUT2D eigenvalue weighted by Crippen LogP contribution is -2.05. The normalized spacial score (nSPS) is 10.1. The first-order chi connectivity index (χ1) is 11.2. The zero-order chi connectivity index (χ0) is 16.1. The number of para-hydroxylation sites is 1. The monoisotopic (exact) mass is 304 g/mol. The molecule has 0 saturated heterocycles. The molecule has 0 spiro atoms. The minimum atomic E-state index is -0.101. The van der Waals surface area contributed by atoms with Gasteiger partial charge in [0, 0.05) is 30.1 Å². The molecule has 0 fully saturated rings. The molecule has 2 N–H and O–H groups in total. The molecule has 1 amide bonds. The number of hydrogen-bond donors (Lipinski definition) is 2. The van der Waals surface area contributed by atoms with E-state index in [1.165, 1.54) is 6.92 Å². The Balaban J connectivity index is 1.86. The first kappa shape index (κ1) is 14.7. The van der Waals surface area contributed by atoms with Crippen molar-refractivity contribution in [1.29, 1.82) is 0 Å². The van der Waals surface area contributed by atoms with E-state index in [0.29, 0.717) is 5.95 Å². The van der Waals surface area contributed by atoms with E-state index >= 15 is 0 Å². The van der Waals surface area contributed by atoms with Crippen LogP contribution >= 0.6 is 0 Å². The summed E-state index contributed by atoms with van der Waals surface area (Å²) in [5, 5.41) is 5.94. The maximum absolute atomic E-state index is 11.2. The summed E-state index contributed by atoms with van der Waals surface area (Å²) in [4.78, 5) is 19.9. The van der Waals surface area contributed by atoms with Gasteiger partial charge in [0.25, 0.3) is 0 Å². The Labute approximate surface area is 134 Å². The summed E-state index contributed by atoms with van der Waals surface area (Å²) in [5.41, 5.74) is 3.36. The molecular formula is C18H16N4O. The minimum Gasteiger partial charge on any atom is -0.326 e. The molecule has 1 heterocycles. The smallest absolute Gasteiger partial charge is 0.227 e. The highest BCUT2D eigenvalue weighted by atomic mass is 16.1. The van der Waals surface area contributed by atoms with Gasteiger partial charge in [-0.3, -0.25) is 4.79 Å². The lowest BCUT2D eigenvalue weighted by molar-refractivity contribution is -0.114. The van der Waals surface area contributed by atoms with E-state index in [2.05, 4.69) is 20.6 Å². The summed E-state index contributed by atoms with van der Waals surface area (Å²) in [6, 6.07) is 19.1. The molecule has 0 atom stereocenters. The number of amides is 1. The summed E-state index contributed by atoms with van der Waals surface area (Å²) < 4.78 is 0. The predicted octanol–water partition coefficient (Wildman–Crippen LogP) is 3.85. The van der Waals surface area contributed by atoms with Gasteiger partial charge in [0.15, 0.2) is 0 Å². The molecule has 114 valence electrons. The Morgan fingerprint density at radius 2 is 1.74 bits per heavy atom. The lowest BCUT2D eigenvalue weighted by atomic mass is 10.1. The molecule has 0 aliphatic rings. The average Bonchev–Trinajstić information content (AvgIpc) is 2.56. The number of nitrogens with one attached hydrogen (secondary N) is 2. The summed E-state index contributed by atoms with van der Waals surface area (Å²) in [6.45, 7) is 1.49. The van der Waals surface area contributed by atoms with Crippen LogP contribution in [-0.4, -0.2) is 15.9 Å². The predicted molar refractivity (Wildman–Crippen MR) is 91.5 cm³/mol. The van der Waals surface area contributed by atoms with E-state index in [-0.39, 0.29) is 5.91 Å². The van der Waals surface area contributed by atoms with Crippen molar-refractivity contribution in [3.8, 4) is 11.3 Å². The molecule has 5 heteroatoms. The van der Waals surface area contributed by atoms with Crippen molar-refractivity contribution in [1.82, 2.24) is 9.97 Å². The highest BCUT2D eigenvalue weighted by Gasteiger charge is 2.04. The van der Waals surface area contributed by atoms with Crippen molar-refractivity contribution >= 4 is 23.2 Å². The third-order valence-electron chi connectivity index (χ3n) is 3.16. The lowest BCUT2D eigenvalue weighted by Gasteiger charge is -2.08. The molecule has 0 bridgehead atoms. The largest absolute Gasteiger partial charge is 0.326 e. The Morgan fingerprint density at radius 3 is 2.52 bits per heavy atom. The number of carbonyl (C=O) groups excluding carboxylic acids is 1. The number of anilines is 3. The molecular weight excluding hydrogens is 288 g/mol. The fourth-order valence-corrected chi connectivity index (χ4v) is 2.19. The maximum atomic E-state index is 11.2. The molecule has 0 saturated carbocycles. The molecule has 1 aromatic heterocycles. The molecule has 2 aromatic carbocycles. The van der Waals surface area contributed by atoms with Crippen LogP contribution in [0.4, 0.5) is 17.3 Å². The van der Waals surface area contributed by atoms with Crippen LogP contribution in [0.5, 0.6) is 0 Å². The first-order valence-corrected chi connectivity index (χ1v) is 7.24. The van der Waals surface area contributed by atoms with Crippen LogP contribution in [0, 0.1) is 0 Å². The standard InChI is InChI=1S/C18H16N4O/c1-13(23)20-16-9-5-6-14(12-16)17-10-11-19-18(22-17)21-15-7-3-2-4-8-15/h2-12H,1H3,(H,20,23)(H,19,21,22). The topological polar surface area (TPSA) is 66.9 Å². The van der Waals surface area contributed by atoms with E-state index < -0.39 is 0 Å². The van der Waals surface area contributed by atoms with Crippen molar-refractivity contribution in [2.45, 2.75) is 6.92 Å². The van der Waals surface area contributed by atoms with Crippen LogP contribution in [0.1, 0.15) is 6.92 Å². The Bertz CT molecular complexity index is 818. The van der Waals surface area contributed by atoms with E-state index in [1.54, 1.807) is 6.20 Å². The third kappa shape index (κ3) is 3.91. The summed E-state index contributed by atoms with van der Waals surface area (Å²) in [5.74, 6) is 0.426. The summed E-state index contributed by atoms with van der Waals surface area (Å²) >= 11 is 0. The summed E-state index contributed by atoms with van der Waals surface area (Å²) in [6.07, 6.45) is 1.71. The number of aromatic nitrogens is 2. The molecule has 3 aromatic rings. The van der Waals surface area contributed by atoms with Gasteiger partial charge in [0.2, 0.25) is 11.9 Å². The van der Waals surface area contributed by atoms with Gasteiger partial charge in [-0.2, -0.15) is 0 Å². The highest BCUT2D eigenvalue weighted by molar-refractivity contribution is 5.89. The van der Waals surface area contributed by atoms with Crippen molar-refractivity contribution in [3.05, 3.63) is 66.9 Å². The van der Waals surface area contributed by atoms with Gasteiger partial charge < -0.3 is 10.6 Å². The van der Waals surface area contributed by atoms with Crippen LogP contribution in [0.2, 0.25) is 0 Å².